The lowest BCUT2D eigenvalue weighted by Gasteiger charge is -2.19. The molecule has 0 atom stereocenters. The Morgan fingerprint density at radius 2 is 1.94 bits per heavy atom. The van der Waals surface area contributed by atoms with Crippen molar-refractivity contribution in [3.63, 3.8) is 0 Å². The summed E-state index contributed by atoms with van der Waals surface area (Å²) in [5, 5.41) is 8.91. The lowest BCUT2D eigenvalue weighted by atomic mass is 10.1. The van der Waals surface area contributed by atoms with Crippen LogP contribution in [0.3, 0.4) is 0 Å². The molecular weight excluding hydrogens is 246 g/mol. The maximum absolute atomic E-state index is 12.1. The van der Waals surface area contributed by atoms with E-state index in [1.165, 1.54) is 5.56 Å². The molecule has 1 aromatic rings. The highest BCUT2D eigenvalue weighted by atomic mass is 32.2. The van der Waals surface area contributed by atoms with Crippen LogP contribution in [-0.2, 0) is 5.75 Å². The molecule has 0 aliphatic carbocycles. The lowest BCUT2D eigenvalue weighted by Crippen LogP contribution is -2.33. The third-order valence-electron chi connectivity index (χ3n) is 2.71. The molecule has 0 aromatic heterocycles. The van der Waals surface area contributed by atoms with Crippen molar-refractivity contribution in [2.45, 2.75) is 19.6 Å². The number of rotatable bonds is 7. The van der Waals surface area contributed by atoms with E-state index in [0.29, 0.717) is 18.7 Å². The number of likely N-dealkylation sites (N-methyl/N-ethyl adjacent to an activating group) is 1. The van der Waals surface area contributed by atoms with Crippen LogP contribution < -0.4 is 0 Å². The number of aliphatic hydroxyl groups is 1. The Kier molecular flexibility index (Phi) is 6.83. The maximum Gasteiger partial charge on any atom is 0.253 e. The number of carbonyl (C=O) groups excluding carboxylic acids is 1. The Hall–Kier alpha value is -1.00. The highest BCUT2D eigenvalue weighted by Crippen LogP contribution is 2.13. The SMILES string of the molecule is CCSCc1ccc(C(=O)N(CC)CCO)cc1. The summed E-state index contributed by atoms with van der Waals surface area (Å²) in [6.45, 7) is 5.07. The number of nitrogens with zero attached hydrogens (tertiary/aromatic N) is 1. The van der Waals surface area contributed by atoms with E-state index in [0.717, 1.165) is 11.5 Å². The molecule has 1 aromatic carbocycles. The summed E-state index contributed by atoms with van der Waals surface area (Å²) in [5.74, 6) is 2.07. The Morgan fingerprint density at radius 1 is 1.28 bits per heavy atom. The molecule has 18 heavy (non-hydrogen) atoms. The van der Waals surface area contributed by atoms with Crippen molar-refractivity contribution in [1.29, 1.82) is 0 Å². The monoisotopic (exact) mass is 267 g/mol. The Bertz CT molecular complexity index is 365. The van der Waals surface area contributed by atoms with Gasteiger partial charge in [-0.25, -0.2) is 0 Å². The van der Waals surface area contributed by atoms with E-state index in [-0.39, 0.29) is 12.5 Å². The maximum atomic E-state index is 12.1. The molecule has 3 nitrogen and oxygen atoms in total. The van der Waals surface area contributed by atoms with Gasteiger partial charge >= 0.3 is 0 Å². The van der Waals surface area contributed by atoms with Crippen LogP contribution in [0.2, 0.25) is 0 Å². The van der Waals surface area contributed by atoms with Crippen LogP contribution >= 0.6 is 11.8 Å². The van der Waals surface area contributed by atoms with Crippen molar-refractivity contribution in [2.75, 3.05) is 25.4 Å². The number of benzene rings is 1. The highest BCUT2D eigenvalue weighted by molar-refractivity contribution is 7.98. The molecule has 1 amide bonds. The summed E-state index contributed by atoms with van der Waals surface area (Å²) < 4.78 is 0. The molecule has 0 saturated carbocycles. The van der Waals surface area contributed by atoms with E-state index < -0.39 is 0 Å². The summed E-state index contributed by atoms with van der Waals surface area (Å²) in [7, 11) is 0. The van der Waals surface area contributed by atoms with Gasteiger partial charge in [0.1, 0.15) is 0 Å². The van der Waals surface area contributed by atoms with Crippen molar-refractivity contribution >= 4 is 17.7 Å². The lowest BCUT2D eigenvalue weighted by molar-refractivity contribution is 0.0732. The first-order chi connectivity index (χ1) is 8.72. The fourth-order valence-corrected chi connectivity index (χ4v) is 2.30. The van der Waals surface area contributed by atoms with Gasteiger partial charge in [-0.15, -0.1) is 0 Å². The number of carbonyl (C=O) groups is 1. The summed E-state index contributed by atoms with van der Waals surface area (Å²) in [5.41, 5.74) is 1.93. The van der Waals surface area contributed by atoms with Crippen LogP contribution in [0, 0.1) is 0 Å². The van der Waals surface area contributed by atoms with E-state index in [2.05, 4.69) is 6.92 Å². The van der Waals surface area contributed by atoms with Gasteiger partial charge in [0.05, 0.1) is 6.61 Å². The number of hydrogen-bond donors (Lipinski definition) is 1. The molecule has 0 heterocycles. The second-order valence-electron chi connectivity index (χ2n) is 3.94. The normalized spacial score (nSPS) is 10.4. The molecule has 0 unspecified atom stereocenters. The molecule has 4 heteroatoms. The average Bonchev–Trinajstić information content (AvgIpc) is 2.42. The molecule has 1 N–H and O–H groups in total. The second kappa shape index (κ2) is 8.16. The van der Waals surface area contributed by atoms with Gasteiger partial charge in [0.15, 0.2) is 0 Å². The van der Waals surface area contributed by atoms with Crippen LogP contribution in [0.15, 0.2) is 24.3 Å². The van der Waals surface area contributed by atoms with Crippen molar-refractivity contribution in [3.8, 4) is 0 Å². The van der Waals surface area contributed by atoms with Crippen LogP contribution in [0.25, 0.3) is 0 Å². The largest absolute Gasteiger partial charge is 0.395 e. The van der Waals surface area contributed by atoms with Crippen LogP contribution in [0.5, 0.6) is 0 Å². The molecule has 0 radical (unpaired) electrons. The van der Waals surface area contributed by atoms with Crippen LogP contribution in [-0.4, -0.2) is 41.4 Å². The highest BCUT2D eigenvalue weighted by Gasteiger charge is 2.12. The van der Waals surface area contributed by atoms with Gasteiger partial charge in [0.2, 0.25) is 0 Å². The zero-order chi connectivity index (χ0) is 13.4. The summed E-state index contributed by atoms with van der Waals surface area (Å²) in [4.78, 5) is 13.7. The van der Waals surface area contributed by atoms with E-state index in [1.54, 1.807) is 4.90 Å². The first-order valence-electron chi connectivity index (χ1n) is 6.29. The predicted octanol–water partition coefficient (Wildman–Crippen LogP) is 2.39. The number of amides is 1. The van der Waals surface area contributed by atoms with Crippen molar-refractivity contribution in [2.24, 2.45) is 0 Å². The van der Waals surface area contributed by atoms with E-state index in [9.17, 15) is 4.79 Å². The molecule has 0 bridgehead atoms. The van der Waals surface area contributed by atoms with Gasteiger partial charge in [-0.1, -0.05) is 19.1 Å². The van der Waals surface area contributed by atoms with E-state index >= 15 is 0 Å². The zero-order valence-electron chi connectivity index (χ0n) is 11.1. The van der Waals surface area contributed by atoms with Crippen molar-refractivity contribution in [1.82, 2.24) is 4.90 Å². The molecule has 0 spiro atoms. The molecular formula is C14H21NO2S. The van der Waals surface area contributed by atoms with Gasteiger partial charge in [0.25, 0.3) is 5.91 Å². The third-order valence-corrected chi connectivity index (χ3v) is 3.66. The fourth-order valence-electron chi connectivity index (χ4n) is 1.67. The van der Waals surface area contributed by atoms with E-state index in [1.807, 2.05) is 43.0 Å². The minimum absolute atomic E-state index is 0.00477. The smallest absolute Gasteiger partial charge is 0.253 e. The van der Waals surface area contributed by atoms with Gasteiger partial charge in [-0.05, 0) is 30.4 Å². The van der Waals surface area contributed by atoms with Crippen molar-refractivity contribution in [3.05, 3.63) is 35.4 Å². The average molecular weight is 267 g/mol. The molecule has 1 rings (SSSR count). The molecule has 0 saturated heterocycles. The fraction of sp³-hybridized carbons (Fsp3) is 0.500. The van der Waals surface area contributed by atoms with Gasteiger partial charge in [0, 0.05) is 24.4 Å². The molecule has 0 aliphatic heterocycles. The predicted molar refractivity (Wildman–Crippen MR) is 76.9 cm³/mol. The molecule has 0 aliphatic rings. The Balaban J connectivity index is 2.68. The molecule has 0 fully saturated rings. The van der Waals surface area contributed by atoms with Crippen molar-refractivity contribution < 1.29 is 9.90 Å². The van der Waals surface area contributed by atoms with E-state index in [4.69, 9.17) is 5.11 Å². The Labute approximate surface area is 113 Å². The first kappa shape index (κ1) is 15.1. The standard InChI is InChI=1S/C14H21NO2S/c1-3-15(9-10-16)14(17)13-7-5-12(6-8-13)11-18-4-2/h5-8,16H,3-4,9-11H2,1-2H3. The Morgan fingerprint density at radius 3 is 2.44 bits per heavy atom. The number of aliphatic hydroxyl groups excluding tert-OH is 1. The minimum Gasteiger partial charge on any atom is -0.395 e. The van der Waals surface area contributed by atoms with Crippen LogP contribution in [0.4, 0.5) is 0 Å². The third kappa shape index (κ3) is 4.35. The minimum atomic E-state index is -0.0127. The van der Waals surface area contributed by atoms with Crippen LogP contribution in [0.1, 0.15) is 29.8 Å². The molecule has 100 valence electrons. The quantitative estimate of drug-likeness (QED) is 0.824. The number of thioether (sulfide) groups is 1. The topological polar surface area (TPSA) is 40.5 Å². The second-order valence-corrected chi connectivity index (χ2v) is 5.22. The van der Waals surface area contributed by atoms with Gasteiger partial charge in [-0.3, -0.25) is 4.79 Å². The first-order valence-corrected chi connectivity index (χ1v) is 7.45. The number of hydrogen-bond acceptors (Lipinski definition) is 3. The summed E-state index contributed by atoms with van der Waals surface area (Å²) >= 11 is 1.87. The zero-order valence-corrected chi connectivity index (χ0v) is 11.9. The van der Waals surface area contributed by atoms with Gasteiger partial charge in [-0.2, -0.15) is 11.8 Å². The van der Waals surface area contributed by atoms with Gasteiger partial charge < -0.3 is 10.0 Å². The summed E-state index contributed by atoms with van der Waals surface area (Å²) in [6.07, 6.45) is 0. The summed E-state index contributed by atoms with van der Waals surface area (Å²) in [6, 6.07) is 7.74.